The summed E-state index contributed by atoms with van der Waals surface area (Å²) in [4.78, 5) is 53.7. The second-order valence-electron chi connectivity index (χ2n) is 9.65. The number of fused-ring (bicyclic) bond motifs is 6. The third-order valence-corrected chi connectivity index (χ3v) is 5.95. The van der Waals surface area contributed by atoms with Crippen LogP contribution in [0.4, 0.5) is 0 Å². The molecule has 52 heavy (non-hydrogen) atoms. The molecule has 6 rings (SSSR count). The minimum Gasteiger partial charge on any atom is -0.545 e. The zero-order valence-corrected chi connectivity index (χ0v) is 30.1. The maximum atomic E-state index is 9.41. The second-order valence-corrected chi connectivity index (χ2v) is 9.65. The van der Waals surface area contributed by atoms with Crippen LogP contribution in [-0.4, -0.2) is 42.0 Å². The van der Waals surface area contributed by atoms with Crippen molar-refractivity contribution in [1.82, 2.24) is 19.9 Å². The minimum absolute atomic E-state index is 0. The molecule has 4 heterocycles. The fourth-order valence-electron chi connectivity index (χ4n) is 4.06. The molecule has 0 aliphatic rings. The number of carbonyl (C=O) groups is 2. The van der Waals surface area contributed by atoms with Crippen molar-refractivity contribution >= 4 is 55.6 Å². The number of pyridine rings is 4. The van der Waals surface area contributed by atoms with Gasteiger partial charge < -0.3 is 61.4 Å². The number of aliphatic carboxylic acids is 2. The SMILES string of the molecule is Cc1ccc2ccc3ccc(C)nc3c2n1.Cc1ccc2ccc3ccc(C)nc3c2n1.O=C([O-])/C=C/C(=O)[O-].O=[N+]([O-])[O-].O=[N+]([O-])[O-].[Mn+2].[Mn+2].[OH3+].[OH3+]. The van der Waals surface area contributed by atoms with E-state index in [1.165, 1.54) is 0 Å². The third kappa shape index (κ3) is 17.2. The topological polar surface area (TPSA) is 330 Å². The van der Waals surface area contributed by atoms with Crippen molar-refractivity contribution in [2.24, 2.45) is 0 Å². The summed E-state index contributed by atoms with van der Waals surface area (Å²) in [7, 11) is 0. The number of hydrogen-bond donors (Lipinski definition) is 0. The van der Waals surface area contributed by atoms with Gasteiger partial charge in [0, 0.05) is 44.3 Å². The summed E-state index contributed by atoms with van der Waals surface area (Å²) in [6.45, 7) is 8.03. The van der Waals surface area contributed by atoms with Crippen molar-refractivity contribution in [2.45, 2.75) is 27.7 Å². The molecule has 274 valence electrons. The van der Waals surface area contributed by atoms with Gasteiger partial charge in [0.2, 0.25) is 0 Å². The van der Waals surface area contributed by atoms with E-state index >= 15 is 0 Å². The molecule has 6 N–H and O–H groups in total. The van der Waals surface area contributed by atoms with Crippen molar-refractivity contribution in [3.8, 4) is 0 Å². The first-order valence-electron chi connectivity index (χ1n) is 13.6. The van der Waals surface area contributed by atoms with E-state index in [9.17, 15) is 19.8 Å². The number of hydrogen-bond acceptors (Lipinski definition) is 14. The molecule has 0 unspecified atom stereocenters. The molecule has 0 saturated carbocycles. The molecule has 0 atom stereocenters. The number of carbonyl (C=O) groups excluding carboxylic acids is 2. The monoisotopic (exact) mass is 802 g/mol. The van der Waals surface area contributed by atoms with Crippen molar-refractivity contribution in [2.75, 3.05) is 0 Å². The van der Waals surface area contributed by atoms with Crippen LogP contribution in [0.1, 0.15) is 22.8 Å². The molecule has 20 heteroatoms. The molecule has 2 radical (unpaired) electrons. The molecule has 0 aliphatic carbocycles. The van der Waals surface area contributed by atoms with Crippen molar-refractivity contribution < 1.29 is 75.1 Å². The molecular weight excluding hydrogens is 770 g/mol. The first-order chi connectivity index (χ1) is 22.6. The summed E-state index contributed by atoms with van der Waals surface area (Å²) in [5, 5.41) is 52.9. The molecule has 0 bridgehead atoms. The summed E-state index contributed by atoms with van der Waals surface area (Å²) in [6.07, 6.45) is 0.769. The summed E-state index contributed by atoms with van der Waals surface area (Å²) >= 11 is 0. The van der Waals surface area contributed by atoms with Crippen LogP contribution in [0.25, 0.3) is 43.6 Å². The van der Waals surface area contributed by atoms with Gasteiger partial charge >= 0.3 is 34.1 Å². The van der Waals surface area contributed by atoms with Gasteiger partial charge in [0.05, 0.1) is 44.2 Å². The van der Waals surface area contributed by atoms with Crippen LogP contribution in [-0.2, 0) is 54.7 Å². The number of aryl methyl sites for hydroxylation is 4. The quantitative estimate of drug-likeness (QED) is 0.0598. The second kappa shape index (κ2) is 24.3. The van der Waals surface area contributed by atoms with Gasteiger partial charge in [-0.25, -0.2) is 0 Å². The standard InChI is InChI=1S/2C14H12N2.C4H4O4.2Mn.2NO3.2H2O/c2*1-9-3-5-11-7-8-12-6-4-10(2)16-14(12)13(11)15-9;5-3(6)1-2-4(7)8;;;2*2-1(3)4;;/h2*3-8H,1-2H3;1-2H,(H,5,6)(H,7,8);;;;;2*1H2/q;;;2*+2;2*-1;;/b;;2-1+;;;;;;. The summed E-state index contributed by atoms with van der Waals surface area (Å²) in [6, 6.07) is 24.9. The van der Waals surface area contributed by atoms with Crippen molar-refractivity contribution in [3.05, 3.63) is 138 Å². The molecule has 0 aliphatic heterocycles. The largest absolute Gasteiger partial charge is 2.00 e. The van der Waals surface area contributed by atoms with E-state index in [4.69, 9.17) is 30.6 Å². The number of carboxylic acid groups (broad SMARTS) is 2. The van der Waals surface area contributed by atoms with Crippen LogP contribution in [0.5, 0.6) is 0 Å². The number of rotatable bonds is 2. The first-order valence-corrected chi connectivity index (χ1v) is 13.6. The van der Waals surface area contributed by atoms with Crippen LogP contribution >= 0.6 is 0 Å². The maximum Gasteiger partial charge on any atom is 2.00 e. The molecule has 0 saturated heterocycles. The Kier molecular flexibility index (Phi) is 23.6. The molecule has 4 aromatic heterocycles. The van der Waals surface area contributed by atoms with Gasteiger partial charge in [-0.1, -0.05) is 48.5 Å². The van der Waals surface area contributed by atoms with E-state index in [-0.39, 0.29) is 45.1 Å². The molecule has 0 amide bonds. The predicted octanol–water partition coefficient (Wildman–Crippen LogP) is 1.52. The van der Waals surface area contributed by atoms with E-state index in [0.717, 1.165) is 66.4 Å². The average molecular weight is 803 g/mol. The normalized spacial score (nSPS) is 9.23. The van der Waals surface area contributed by atoms with Gasteiger partial charge in [0.1, 0.15) is 0 Å². The van der Waals surface area contributed by atoms with Gasteiger partial charge in [-0.2, -0.15) is 0 Å². The summed E-state index contributed by atoms with van der Waals surface area (Å²) in [5.41, 5.74) is 8.13. The smallest absolute Gasteiger partial charge is 0.545 e. The van der Waals surface area contributed by atoms with Gasteiger partial charge in [-0.05, 0) is 64.1 Å². The van der Waals surface area contributed by atoms with Crippen LogP contribution in [0.2, 0.25) is 0 Å². The first kappa shape index (κ1) is 50.5. The number of aromatic nitrogens is 4. The van der Waals surface area contributed by atoms with Crippen molar-refractivity contribution in [3.63, 3.8) is 0 Å². The van der Waals surface area contributed by atoms with Gasteiger partial charge in [-0.15, -0.1) is 0 Å². The Balaban J connectivity index is -0.000000629. The van der Waals surface area contributed by atoms with Gasteiger partial charge in [0.25, 0.3) is 0 Å². The zero-order valence-electron chi connectivity index (χ0n) is 27.8. The van der Waals surface area contributed by atoms with Crippen molar-refractivity contribution in [1.29, 1.82) is 0 Å². The Bertz CT molecular complexity index is 1870. The Labute approximate surface area is 315 Å². The Hall–Kier alpha value is -5.88. The number of benzene rings is 2. The van der Waals surface area contributed by atoms with Gasteiger partial charge in [0.15, 0.2) is 0 Å². The predicted molar refractivity (Wildman–Crippen MR) is 183 cm³/mol. The van der Waals surface area contributed by atoms with Crippen LogP contribution in [0, 0.1) is 58.3 Å². The fraction of sp³-hybridized carbons (Fsp3) is 0.125. The molecule has 0 fully saturated rings. The van der Waals surface area contributed by atoms with Crippen LogP contribution < -0.4 is 10.2 Å². The van der Waals surface area contributed by atoms with Crippen LogP contribution in [0.3, 0.4) is 0 Å². The van der Waals surface area contributed by atoms with E-state index in [1.807, 2.05) is 52.0 Å². The zero-order chi connectivity index (χ0) is 36.0. The molecule has 0 spiro atoms. The Morgan fingerprint density at radius 3 is 0.769 bits per heavy atom. The van der Waals surface area contributed by atoms with E-state index < -0.39 is 22.1 Å². The Morgan fingerprint density at radius 1 is 0.462 bits per heavy atom. The average Bonchev–Trinajstić information content (AvgIpc) is 3.00. The summed E-state index contributed by atoms with van der Waals surface area (Å²) < 4.78 is 0. The number of nitrogens with zero attached hydrogens (tertiary/aromatic N) is 6. The third-order valence-electron chi connectivity index (χ3n) is 5.95. The minimum atomic E-state index is -1.75. The molecule has 6 aromatic rings. The number of carboxylic acids is 2. The Morgan fingerprint density at radius 2 is 0.615 bits per heavy atom. The van der Waals surface area contributed by atoms with E-state index in [2.05, 4.69) is 68.5 Å². The molecule has 18 nitrogen and oxygen atoms in total. The molecule has 2 aromatic carbocycles. The maximum absolute atomic E-state index is 9.41. The molecular formula is C32H32Mn2N6O12+2. The van der Waals surface area contributed by atoms with Crippen LogP contribution in [0.15, 0.2) is 84.9 Å². The van der Waals surface area contributed by atoms with E-state index in [1.54, 1.807) is 0 Å². The van der Waals surface area contributed by atoms with Gasteiger partial charge in [-0.3, -0.25) is 19.9 Å². The summed E-state index contributed by atoms with van der Waals surface area (Å²) in [5.74, 6) is -3.09. The van der Waals surface area contributed by atoms with E-state index in [0.29, 0.717) is 12.2 Å². The fourth-order valence-corrected chi connectivity index (χ4v) is 4.06.